The minimum Gasteiger partial charge on any atom is -0.395 e. The molecule has 0 aromatic heterocycles. The van der Waals surface area contributed by atoms with E-state index in [1.165, 1.54) is 6.42 Å². The maximum absolute atomic E-state index is 8.69. The second-order valence-electron chi connectivity index (χ2n) is 3.21. The SMILES string of the molecule is Cl.Cl.OCCN1C[C@@H]2C[C@H]1CN2. The summed E-state index contributed by atoms with van der Waals surface area (Å²) in [5.74, 6) is 0. The van der Waals surface area contributed by atoms with E-state index in [1.54, 1.807) is 0 Å². The van der Waals surface area contributed by atoms with Crippen LogP contribution in [0, 0.1) is 0 Å². The first-order valence-electron chi connectivity index (χ1n) is 3.98. The molecule has 0 saturated carbocycles. The number of nitrogens with one attached hydrogen (secondary N) is 1. The molecule has 2 aliphatic rings. The van der Waals surface area contributed by atoms with Gasteiger partial charge in [0, 0.05) is 31.7 Å². The highest BCUT2D eigenvalue weighted by Gasteiger charge is 2.36. The number of piperazine rings is 1. The van der Waals surface area contributed by atoms with Crippen molar-refractivity contribution in [3.8, 4) is 0 Å². The van der Waals surface area contributed by atoms with E-state index in [0.29, 0.717) is 6.61 Å². The minimum absolute atomic E-state index is 0. The molecule has 2 saturated heterocycles. The third-order valence-corrected chi connectivity index (χ3v) is 2.56. The molecular weight excluding hydrogens is 199 g/mol. The van der Waals surface area contributed by atoms with Crippen LogP contribution in [0.25, 0.3) is 0 Å². The summed E-state index contributed by atoms with van der Waals surface area (Å²) in [6.45, 7) is 3.45. The number of hydrogen-bond donors (Lipinski definition) is 2. The van der Waals surface area contributed by atoms with Gasteiger partial charge in [0.1, 0.15) is 0 Å². The maximum atomic E-state index is 8.69. The summed E-state index contributed by atoms with van der Waals surface area (Å²) in [4.78, 5) is 2.38. The number of likely N-dealkylation sites (tertiary alicyclic amines) is 1. The molecule has 2 rings (SSSR count). The van der Waals surface area contributed by atoms with Crippen LogP contribution in [0.5, 0.6) is 0 Å². The van der Waals surface area contributed by atoms with Gasteiger partial charge in [0.25, 0.3) is 0 Å². The zero-order chi connectivity index (χ0) is 6.97. The molecule has 0 radical (unpaired) electrons. The van der Waals surface area contributed by atoms with Crippen molar-refractivity contribution in [3.05, 3.63) is 0 Å². The fourth-order valence-corrected chi connectivity index (χ4v) is 2.05. The summed E-state index contributed by atoms with van der Waals surface area (Å²) in [6.07, 6.45) is 1.29. The lowest BCUT2D eigenvalue weighted by molar-refractivity contribution is 0.170. The highest BCUT2D eigenvalue weighted by molar-refractivity contribution is 5.85. The normalized spacial score (nSPS) is 32.8. The van der Waals surface area contributed by atoms with Crippen molar-refractivity contribution in [2.75, 3.05) is 26.2 Å². The highest BCUT2D eigenvalue weighted by atomic mass is 35.5. The van der Waals surface area contributed by atoms with E-state index in [0.717, 1.165) is 31.7 Å². The van der Waals surface area contributed by atoms with Crippen LogP contribution in [0.2, 0.25) is 0 Å². The average molecular weight is 215 g/mol. The van der Waals surface area contributed by atoms with E-state index in [9.17, 15) is 0 Å². The lowest BCUT2D eigenvalue weighted by Crippen LogP contribution is -2.44. The zero-order valence-electron chi connectivity index (χ0n) is 6.90. The van der Waals surface area contributed by atoms with E-state index >= 15 is 0 Å². The lowest BCUT2D eigenvalue weighted by atomic mass is 10.2. The van der Waals surface area contributed by atoms with Crippen molar-refractivity contribution >= 4 is 24.8 Å². The van der Waals surface area contributed by atoms with Gasteiger partial charge in [-0.1, -0.05) is 0 Å². The van der Waals surface area contributed by atoms with Gasteiger partial charge in [-0.05, 0) is 6.42 Å². The Morgan fingerprint density at radius 1 is 1.42 bits per heavy atom. The van der Waals surface area contributed by atoms with Crippen LogP contribution in [0.1, 0.15) is 6.42 Å². The van der Waals surface area contributed by atoms with E-state index in [2.05, 4.69) is 10.2 Å². The zero-order valence-corrected chi connectivity index (χ0v) is 8.53. The van der Waals surface area contributed by atoms with Crippen molar-refractivity contribution in [1.29, 1.82) is 0 Å². The number of nitrogens with zero attached hydrogens (tertiary/aromatic N) is 1. The Balaban J connectivity index is 0.000000605. The third kappa shape index (κ3) is 2.24. The van der Waals surface area contributed by atoms with Gasteiger partial charge in [-0.2, -0.15) is 0 Å². The molecule has 74 valence electrons. The summed E-state index contributed by atoms with van der Waals surface area (Å²) in [5, 5.41) is 12.1. The Kier molecular flexibility index (Phi) is 5.45. The topological polar surface area (TPSA) is 35.5 Å². The third-order valence-electron chi connectivity index (χ3n) is 2.56. The van der Waals surface area contributed by atoms with Crippen LogP contribution in [0.15, 0.2) is 0 Å². The summed E-state index contributed by atoms with van der Waals surface area (Å²) < 4.78 is 0. The first-order chi connectivity index (χ1) is 4.90. The van der Waals surface area contributed by atoms with Gasteiger partial charge in [0.2, 0.25) is 0 Å². The first-order valence-corrected chi connectivity index (χ1v) is 3.98. The summed E-state index contributed by atoms with van der Waals surface area (Å²) >= 11 is 0. The standard InChI is InChI=1S/C7H14N2O.2ClH/c10-2-1-9-5-6-3-7(9)4-8-6;;/h6-8,10H,1-5H2;2*1H/t6-,7-;;/m0../s1. The van der Waals surface area contributed by atoms with Crippen molar-refractivity contribution in [2.45, 2.75) is 18.5 Å². The van der Waals surface area contributed by atoms with Gasteiger partial charge in [0.15, 0.2) is 0 Å². The number of fused-ring (bicyclic) bond motifs is 2. The molecule has 2 bridgehead atoms. The van der Waals surface area contributed by atoms with Crippen LogP contribution in [0.3, 0.4) is 0 Å². The molecule has 0 aliphatic carbocycles. The Bertz CT molecular complexity index is 137. The summed E-state index contributed by atoms with van der Waals surface area (Å²) in [6, 6.07) is 1.44. The molecule has 0 unspecified atom stereocenters. The van der Waals surface area contributed by atoms with Crippen molar-refractivity contribution in [2.24, 2.45) is 0 Å². The summed E-state index contributed by atoms with van der Waals surface area (Å²) in [7, 11) is 0. The molecule has 5 heteroatoms. The smallest absolute Gasteiger partial charge is 0.0558 e. The van der Waals surface area contributed by atoms with Gasteiger partial charge in [0.05, 0.1) is 6.61 Å². The maximum Gasteiger partial charge on any atom is 0.0558 e. The fraction of sp³-hybridized carbons (Fsp3) is 1.00. The molecule has 2 heterocycles. The number of hydrogen-bond acceptors (Lipinski definition) is 3. The molecule has 0 spiro atoms. The van der Waals surface area contributed by atoms with Gasteiger partial charge in [-0.15, -0.1) is 24.8 Å². The predicted octanol–water partition coefficient (Wildman–Crippen LogP) is -0.132. The molecule has 2 N–H and O–H groups in total. The van der Waals surface area contributed by atoms with Crippen LogP contribution in [0.4, 0.5) is 0 Å². The fourth-order valence-electron chi connectivity index (χ4n) is 2.05. The van der Waals surface area contributed by atoms with Gasteiger partial charge < -0.3 is 10.4 Å². The number of aliphatic hydroxyl groups is 1. The Morgan fingerprint density at radius 2 is 2.17 bits per heavy atom. The minimum atomic E-state index is 0. The molecule has 0 amide bonds. The van der Waals surface area contributed by atoms with E-state index in [4.69, 9.17) is 5.11 Å². The second-order valence-corrected chi connectivity index (χ2v) is 3.21. The second kappa shape index (κ2) is 5.25. The van der Waals surface area contributed by atoms with E-state index in [-0.39, 0.29) is 24.8 Å². The predicted molar refractivity (Wildman–Crippen MR) is 53.4 cm³/mol. The van der Waals surface area contributed by atoms with Crippen molar-refractivity contribution in [3.63, 3.8) is 0 Å². The van der Waals surface area contributed by atoms with Crippen LogP contribution in [-0.2, 0) is 0 Å². The number of aliphatic hydroxyl groups excluding tert-OH is 1. The Hall–Kier alpha value is 0.460. The largest absolute Gasteiger partial charge is 0.395 e. The molecule has 2 atom stereocenters. The van der Waals surface area contributed by atoms with Gasteiger partial charge in [-0.25, -0.2) is 0 Å². The molecule has 2 aliphatic heterocycles. The first kappa shape index (κ1) is 12.5. The quantitative estimate of drug-likeness (QED) is 0.673. The molecule has 0 aromatic rings. The van der Waals surface area contributed by atoms with Crippen LogP contribution in [-0.4, -0.2) is 48.3 Å². The molecule has 0 aromatic carbocycles. The molecule has 3 nitrogen and oxygen atoms in total. The molecule has 12 heavy (non-hydrogen) atoms. The number of rotatable bonds is 2. The summed E-state index contributed by atoms with van der Waals surface area (Å²) in [5.41, 5.74) is 0. The van der Waals surface area contributed by atoms with Crippen molar-refractivity contribution < 1.29 is 5.11 Å². The van der Waals surface area contributed by atoms with E-state index in [1.807, 2.05) is 0 Å². The van der Waals surface area contributed by atoms with Crippen LogP contribution < -0.4 is 5.32 Å². The highest BCUT2D eigenvalue weighted by Crippen LogP contribution is 2.21. The number of halogens is 2. The monoisotopic (exact) mass is 214 g/mol. The van der Waals surface area contributed by atoms with Gasteiger partial charge in [-0.3, -0.25) is 4.90 Å². The lowest BCUT2D eigenvalue weighted by Gasteiger charge is -2.25. The molecule has 2 fully saturated rings. The Morgan fingerprint density at radius 3 is 2.58 bits per heavy atom. The average Bonchev–Trinajstić information content (AvgIpc) is 2.48. The van der Waals surface area contributed by atoms with E-state index < -0.39 is 0 Å². The molecular formula is C7H16Cl2N2O. The van der Waals surface area contributed by atoms with Crippen molar-refractivity contribution in [1.82, 2.24) is 10.2 Å². The number of β-amino-alcohol motifs (C(OH)–C–C–N with tert-alkyl or cyclic N) is 1. The Labute approximate surface area is 85.3 Å². The van der Waals surface area contributed by atoms with Crippen LogP contribution >= 0.6 is 24.8 Å². The van der Waals surface area contributed by atoms with Gasteiger partial charge >= 0.3 is 0 Å².